The van der Waals surface area contributed by atoms with Crippen molar-refractivity contribution in [2.75, 3.05) is 13.2 Å². The lowest BCUT2D eigenvalue weighted by atomic mass is 9.87. The number of nitrogens with one attached hydrogen (secondary N) is 1. The zero-order chi connectivity index (χ0) is 34.9. The molecule has 10 nitrogen and oxygen atoms in total. The summed E-state index contributed by atoms with van der Waals surface area (Å²) in [4.78, 5) is 50.5. The molecule has 0 aromatic heterocycles. The molecule has 1 amide bonds. The van der Waals surface area contributed by atoms with E-state index in [1.54, 1.807) is 0 Å². The average Bonchev–Trinajstić information content (AvgIpc) is 3.33. The Morgan fingerprint density at radius 3 is 2.27 bits per heavy atom. The van der Waals surface area contributed by atoms with Crippen molar-refractivity contribution >= 4 is 23.4 Å². The van der Waals surface area contributed by atoms with Crippen LogP contribution in [-0.4, -0.2) is 72.6 Å². The highest BCUT2D eigenvalue weighted by atomic mass is 16.7. The first-order chi connectivity index (χ1) is 23.0. The second kappa shape index (κ2) is 21.8. The van der Waals surface area contributed by atoms with Crippen molar-refractivity contribution in [2.45, 2.75) is 168 Å². The molecule has 8 atom stereocenters. The van der Waals surface area contributed by atoms with E-state index in [0.29, 0.717) is 38.4 Å². The average molecular weight is 678 g/mol. The van der Waals surface area contributed by atoms with Gasteiger partial charge in [-0.3, -0.25) is 14.4 Å². The smallest absolute Gasteiger partial charge is 0.326 e. The van der Waals surface area contributed by atoms with E-state index in [2.05, 4.69) is 31.3 Å². The fourth-order valence-corrected chi connectivity index (χ4v) is 7.05. The Balaban J connectivity index is 1.63. The number of aliphatic carboxylic acids is 1. The minimum Gasteiger partial charge on any atom is -0.480 e. The summed E-state index contributed by atoms with van der Waals surface area (Å²) in [6.45, 7) is 9.63. The van der Waals surface area contributed by atoms with Crippen molar-refractivity contribution in [1.29, 1.82) is 0 Å². The number of carbonyl (C=O) groups is 4. The summed E-state index contributed by atoms with van der Waals surface area (Å²) in [6.07, 6.45) is 15.3. The number of amides is 1. The van der Waals surface area contributed by atoms with Crippen molar-refractivity contribution in [1.82, 2.24) is 5.32 Å². The van der Waals surface area contributed by atoms with Gasteiger partial charge in [-0.05, 0) is 76.0 Å². The summed E-state index contributed by atoms with van der Waals surface area (Å²) in [6, 6.07) is -0.911. The van der Waals surface area contributed by atoms with E-state index in [1.165, 1.54) is 6.42 Å². The predicted molar refractivity (Wildman–Crippen MR) is 183 cm³/mol. The molecular formula is C38H63NO9. The third-order valence-corrected chi connectivity index (χ3v) is 9.77. The number of Topliss-reactive ketones (excluding diaryl/α,β-unsaturated/α-hetero) is 2. The Hall–Kier alpha value is -2.14. The Kier molecular flexibility index (Phi) is 18.3. The minimum absolute atomic E-state index is 0.0125. The summed E-state index contributed by atoms with van der Waals surface area (Å²) in [5.74, 6) is -1.48. The zero-order valence-corrected chi connectivity index (χ0v) is 30.0. The lowest BCUT2D eigenvalue weighted by molar-refractivity contribution is -0.192. The summed E-state index contributed by atoms with van der Waals surface area (Å²) in [7, 11) is 0. The fourth-order valence-electron chi connectivity index (χ4n) is 7.05. The van der Waals surface area contributed by atoms with Crippen LogP contribution in [0.2, 0.25) is 0 Å². The van der Waals surface area contributed by atoms with Gasteiger partial charge in [-0.1, -0.05) is 59.1 Å². The molecule has 3 aliphatic rings. The molecule has 3 rings (SSSR count). The normalized spacial score (nSPS) is 26.9. The number of ether oxygens (including phenoxy) is 4. The maximum Gasteiger partial charge on any atom is 0.326 e. The van der Waals surface area contributed by atoms with Crippen molar-refractivity contribution in [3.63, 3.8) is 0 Å². The predicted octanol–water partition coefficient (Wildman–Crippen LogP) is 6.92. The molecule has 1 aliphatic carbocycles. The van der Waals surface area contributed by atoms with Gasteiger partial charge in [0.25, 0.3) is 0 Å². The molecule has 10 heteroatoms. The molecule has 0 radical (unpaired) electrons. The molecule has 48 heavy (non-hydrogen) atoms. The standard InChI is InChI=1S/C38H63NO9/c1-5-6-13-27(4)23-29(47-36-16-9-11-20-45-36)18-19-30-31(33(41)25-34(30)48-37-17-10-12-21-46-37)24-28(40)14-7-8-15-35(42)39-32(38(43)44)22-26(2)3/h18-19,26-27,29-32,34,36-37H,5-17,20-25H2,1-4H3,(H,39,42)(H,43,44)/b19-18+/t27-,29-,30+,31+,32-,34+,36?,37?/m0/s1. The van der Waals surface area contributed by atoms with E-state index < -0.39 is 17.9 Å². The molecule has 3 fully saturated rings. The van der Waals surface area contributed by atoms with Gasteiger partial charge >= 0.3 is 5.97 Å². The van der Waals surface area contributed by atoms with Gasteiger partial charge in [0.05, 0.1) is 12.2 Å². The highest BCUT2D eigenvalue weighted by Gasteiger charge is 2.44. The topological polar surface area (TPSA) is 137 Å². The Morgan fingerprint density at radius 1 is 0.958 bits per heavy atom. The molecule has 0 bridgehead atoms. The quantitative estimate of drug-likeness (QED) is 0.0924. The van der Waals surface area contributed by atoms with E-state index in [4.69, 9.17) is 18.9 Å². The number of ketones is 2. The Morgan fingerprint density at radius 2 is 1.65 bits per heavy atom. The molecule has 0 aromatic carbocycles. The van der Waals surface area contributed by atoms with Gasteiger partial charge in [0.2, 0.25) is 5.91 Å². The highest BCUT2D eigenvalue weighted by molar-refractivity contribution is 5.90. The van der Waals surface area contributed by atoms with Crippen LogP contribution in [0, 0.1) is 23.7 Å². The van der Waals surface area contributed by atoms with Crippen LogP contribution in [0.25, 0.3) is 0 Å². The van der Waals surface area contributed by atoms with Crippen molar-refractivity contribution in [3.8, 4) is 0 Å². The fraction of sp³-hybridized carbons (Fsp3) is 0.842. The molecular weight excluding hydrogens is 614 g/mol. The summed E-state index contributed by atoms with van der Waals surface area (Å²) in [5.41, 5.74) is 0. The molecule has 274 valence electrons. The number of carboxylic acid groups (broad SMARTS) is 1. The zero-order valence-electron chi connectivity index (χ0n) is 30.0. The maximum atomic E-state index is 13.4. The van der Waals surface area contributed by atoms with Crippen LogP contribution in [0.3, 0.4) is 0 Å². The molecule has 2 saturated heterocycles. The molecule has 2 heterocycles. The minimum atomic E-state index is -1.04. The van der Waals surface area contributed by atoms with Gasteiger partial charge in [0.15, 0.2) is 12.6 Å². The molecule has 1 saturated carbocycles. The number of carbonyl (C=O) groups excluding carboxylic acids is 3. The molecule has 0 spiro atoms. The molecule has 2 aliphatic heterocycles. The second-order valence-corrected chi connectivity index (χ2v) is 14.7. The molecule has 2 unspecified atom stereocenters. The Bertz CT molecular complexity index is 1020. The van der Waals surface area contributed by atoms with Crippen molar-refractivity contribution in [2.24, 2.45) is 23.7 Å². The second-order valence-electron chi connectivity index (χ2n) is 14.7. The van der Waals surface area contributed by atoms with Crippen LogP contribution < -0.4 is 5.32 Å². The van der Waals surface area contributed by atoms with Gasteiger partial charge in [-0.25, -0.2) is 4.79 Å². The van der Waals surface area contributed by atoms with Gasteiger partial charge < -0.3 is 29.4 Å². The third-order valence-electron chi connectivity index (χ3n) is 9.77. The van der Waals surface area contributed by atoms with Gasteiger partial charge in [-0.2, -0.15) is 0 Å². The highest BCUT2D eigenvalue weighted by Crippen LogP contribution is 2.37. The number of hydrogen-bond donors (Lipinski definition) is 2. The van der Waals surface area contributed by atoms with Crippen LogP contribution in [0.4, 0.5) is 0 Å². The first kappa shape index (κ1) is 40.3. The lowest BCUT2D eigenvalue weighted by Crippen LogP contribution is -2.41. The first-order valence-corrected chi connectivity index (χ1v) is 18.8. The SMILES string of the molecule is CCCC[C@H](C)C[C@H](/C=C/[C@H]1[C@H](OC2CCCCO2)CC(=O)[C@@H]1CC(=O)CCCCC(=O)N[C@@H](CC(C)C)C(=O)O)OC1CCCCO1. The van der Waals surface area contributed by atoms with Crippen molar-refractivity contribution < 1.29 is 43.2 Å². The number of carboxylic acids is 1. The first-order valence-electron chi connectivity index (χ1n) is 18.8. The van der Waals surface area contributed by atoms with E-state index in [9.17, 15) is 24.3 Å². The van der Waals surface area contributed by atoms with Crippen LogP contribution >= 0.6 is 0 Å². The number of hydrogen-bond acceptors (Lipinski definition) is 8. The summed E-state index contributed by atoms with van der Waals surface area (Å²) in [5, 5.41) is 12.0. The molecule has 0 aromatic rings. The van der Waals surface area contributed by atoms with Gasteiger partial charge in [0.1, 0.15) is 17.6 Å². The van der Waals surface area contributed by atoms with Crippen molar-refractivity contribution in [3.05, 3.63) is 12.2 Å². The summed E-state index contributed by atoms with van der Waals surface area (Å²) < 4.78 is 24.7. The molecule has 2 N–H and O–H groups in total. The lowest BCUT2D eigenvalue weighted by Gasteiger charge is -2.30. The number of unbranched alkanes of at least 4 members (excludes halogenated alkanes) is 2. The number of rotatable bonds is 22. The largest absolute Gasteiger partial charge is 0.480 e. The van der Waals surface area contributed by atoms with Crippen LogP contribution in [0.1, 0.15) is 137 Å². The van der Waals surface area contributed by atoms with E-state index in [-0.39, 0.29) is 79.8 Å². The Labute approximate surface area is 288 Å². The van der Waals surface area contributed by atoms with Gasteiger partial charge in [0, 0.05) is 50.7 Å². The maximum absolute atomic E-state index is 13.4. The summed E-state index contributed by atoms with van der Waals surface area (Å²) >= 11 is 0. The van der Waals surface area contributed by atoms with Crippen LogP contribution in [0.5, 0.6) is 0 Å². The van der Waals surface area contributed by atoms with E-state index in [0.717, 1.165) is 57.8 Å². The van der Waals surface area contributed by atoms with E-state index in [1.807, 2.05) is 13.8 Å². The van der Waals surface area contributed by atoms with Gasteiger partial charge in [-0.15, -0.1) is 0 Å². The van der Waals surface area contributed by atoms with E-state index >= 15 is 0 Å². The van der Waals surface area contributed by atoms with Crippen LogP contribution in [-0.2, 0) is 38.1 Å². The third kappa shape index (κ3) is 14.8. The van der Waals surface area contributed by atoms with Crippen LogP contribution in [0.15, 0.2) is 12.2 Å². The monoisotopic (exact) mass is 677 g/mol.